The number of para-hydroxylation sites is 1. The van der Waals surface area contributed by atoms with E-state index < -0.39 is 0 Å². The average molecular weight is 291 g/mol. The van der Waals surface area contributed by atoms with Gasteiger partial charge in [0.1, 0.15) is 0 Å². The summed E-state index contributed by atoms with van der Waals surface area (Å²) in [5.74, 6) is 0.722. The number of amides is 1. The number of nitrogens with zero attached hydrogens (tertiary/aromatic N) is 1. The van der Waals surface area contributed by atoms with Gasteiger partial charge in [0, 0.05) is 32.2 Å². The Morgan fingerprint density at radius 2 is 2.00 bits per heavy atom. The quantitative estimate of drug-likeness (QED) is 0.696. The van der Waals surface area contributed by atoms with Crippen molar-refractivity contribution in [3.63, 3.8) is 0 Å². The van der Waals surface area contributed by atoms with Gasteiger partial charge >= 0.3 is 0 Å². The lowest BCUT2D eigenvalue weighted by Crippen LogP contribution is -2.33. The number of carbonyl (C=O) groups excluding carboxylic acids is 1. The third kappa shape index (κ3) is 7.14. The zero-order valence-electron chi connectivity index (χ0n) is 13.3. The van der Waals surface area contributed by atoms with Crippen LogP contribution in [-0.4, -0.2) is 32.6 Å². The van der Waals surface area contributed by atoms with Crippen LogP contribution in [0.15, 0.2) is 30.3 Å². The van der Waals surface area contributed by atoms with Crippen LogP contribution >= 0.6 is 0 Å². The molecular weight excluding hydrogens is 262 g/mol. The Hall–Kier alpha value is -1.55. The SMILES string of the molecule is CCC(CCN)CCC(=O)NCCN(C)c1ccccc1. The van der Waals surface area contributed by atoms with E-state index in [1.54, 1.807) is 0 Å². The van der Waals surface area contributed by atoms with Gasteiger partial charge in [0.15, 0.2) is 0 Å². The van der Waals surface area contributed by atoms with Crippen LogP contribution in [0.2, 0.25) is 0 Å². The van der Waals surface area contributed by atoms with Crippen LogP contribution in [0.3, 0.4) is 0 Å². The van der Waals surface area contributed by atoms with Crippen LogP contribution in [0.1, 0.15) is 32.6 Å². The molecule has 0 aliphatic rings. The molecular formula is C17H29N3O. The molecule has 118 valence electrons. The lowest BCUT2D eigenvalue weighted by atomic mass is 9.96. The van der Waals surface area contributed by atoms with Crippen molar-refractivity contribution in [1.29, 1.82) is 0 Å². The molecule has 0 heterocycles. The first-order valence-corrected chi connectivity index (χ1v) is 7.90. The number of rotatable bonds is 10. The first-order valence-electron chi connectivity index (χ1n) is 7.90. The van der Waals surface area contributed by atoms with Crippen LogP contribution < -0.4 is 16.0 Å². The Morgan fingerprint density at radius 1 is 1.29 bits per heavy atom. The first kappa shape index (κ1) is 17.5. The van der Waals surface area contributed by atoms with Crippen LogP contribution in [-0.2, 0) is 4.79 Å². The normalized spacial score (nSPS) is 12.0. The highest BCUT2D eigenvalue weighted by Gasteiger charge is 2.09. The van der Waals surface area contributed by atoms with E-state index in [-0.39, 0.29) is 5.91 Å². The zero-order chi connectivity index (χ0) is 15.5. The Bertz CT molecular complexity index is 394. The molecule has 3 N–H and O–H groups in total. The number of nitrogens with one attached hydrogen (secondary N) is 1. The fourth-order valence-electron chi connectivity index (χ4n) is 2.39. The molecule has 0 aliphatic heterocycles. The molecule has 1 aromatic carbocycles. The number of benzene rings is 1. The lowest BCUT2D eigenvalue weighted by molar-refractivity contribution is -0.121. The molecule has 1 unspecified atom stereocenters. The minimum absolute atomic E-state index is 0.145. The van der Waals surface area contributed by atoms with Gasteiger partial charge in [0.05, 0.1) is 0 Å². The topological polar surface area (TPSA) is 58.4 Å². The van der Waals surface area contributed by atoms with Gasteiger partial charge in [-0.25, -0.2) is 0 Å². The van der Waals surface area contributed by atoms with Gasteiger partial charge in [0.25, 0.3) is 0 Å². The summed E-state index contributed by atoms with van der Waals surface area (Å²) in [6.45, 7) is 4.36. The van der Waals surface area contributed by atoms with E-state index in [1.165, 1.54) is 5.69 Å². The second-order valence-corrected chi connectivity index (χ2v) is 5.50. The molecule has 0 fully saturated rings. The van der Waals surface area contributed by atoms with Crippen molar-refractivity contribution in [2.75, 3.05) is 31.6 Å². The smallest absolute Gasteiger partial charge is 0.220 e. The Kier molecular flexibility index (Phi) is 8.51. The monoisotopic (exact) mass is 291 g/mol. The minimum atomic E-state index is 0.145. The minimum Gasteiger partial charge on any atom is -0.373 e. The summed E-state index contributed by atoms with van der Waals surface area (Å²) in [4.78, 5) is 14.0. The van der Waals surface area contributed by atoms with Crippen LogP contribution in [0.4, 0.5) is 5.69 Å². The molecule has 4 heteroatoms. The number of likely N-dealkylation sites (N-methyl/N-ethyl adjacent to an activating group) is 1. The van der Waals surface area contributed by atoms with Crippen LogP contribution in [0.5, 0.6) is 0 Å². The van der Waals surface area contributed by atoms with E-state index in [0.29, 0.717) is 25.4 Å². The average Bonchev–Trinajstić information content (AvgIpc) is 2.52. The largest absolute Gasteiger partial charge is 0.373 e. The fraction of sp³-hybridized carbons (Fsp3) is 0.588. The molecule has 0 saturated heterocycles. The van der Waals surface area contributed by atoms with Crippen molar-refractivity contribution in [3.8, 4) is 0 Å². The molecule has 0 spiro atoms. The highest BCUT2D eigenvalue weighted by molar-refractivity contribution is 5.75. The second-order valence-electron chi connectivity index (χ2n) is 5.50. The van der Waals surface area contributed by atoms with Crippen molar-refractivity contribution in [1.82, 2.24) is 5.32 Å². The zero-order valence-corrected chi connectivity index (χ0v) is 13.3. The van der Waals surface area contributed by atoms with Crippen molar-refractivity contribution < 1.29 is 4.79 Å². The highest BCUT2D eigenvalue weighted by atomic mass is 16.1. The molecule has 0 radical (unpaired) electrons. The van der Waals surface area contributed by atoms with Crippen LogP contribution in [0.25, 0.3) is 0 Å². The Labute approximate surface area is 128 Å². The van der Waals surface area contributed by atoms with Gasteiger partial charge in [-0.3, -0.25) is 4.79 Å². The van der Waals surface area contributed by atoms with Crippen molar-refractivity contribution in [2.24, 2.45) is 11.7 Å². The summed E-state index contributed by atoms with van der Waals surface area (Å²) in [6, 6.07) is 10.2. The van der Waals surface area contributed by atoms with Gasteiger partial charge < -0.3 is 16.0 Å². The Balaban J connectivity index is 2.18. The van der Waals surface area contributed by atoms with Crippen LogP contribution in [0, 0.1) is 5.92 Å². The third-order valence-electron chi connectivity index (χ3n) is 3.90. The Morgan fingerprint density at radius 3 is 2.62 bits per heavy atom. The van der Waals surface area contributed by atoms with E-state index >= 15 is 0 Å². The van der Waals surface area contributed by atoms with E-state index in [0.717, 1.165) is 25.8 Å². The maximum Gasteiger partial charge on any atom is 0.220 e. The summed E-state index contributed by atoms with van der Waals surface area (Å²) < 4.78 is 0. The predicted molar refractivity (Wildman–Crippen MR) is 89.4 cm³/mol. The van der Waals surface area contributed by atoms with E-state index in [2.05, 4.69) is 29.3 Å². The maximum absolute atomic E-state index is 11.8. The standard InChI is InChI=1S/C17H29N3O/c1-3-15(11-12-18)9-10-17(21)19-13-14-20(2)16-7-5-4-6-8-16/h4-8,15H,3,9-14,18H2,1-2H3,(H,19,21). The summed E-state index contributed by atoms with van der Waals surface area (Å²) in [7, 11) is 2.04. The van der Waals surface area contributed by atoms with Gasteiger partial charge in [-0.2, -0.15) is 0 Å². The fourth-order valence-corrected chi connectivity index (χ4v) is 2.39. The highest BCUT2D eigenvalue weighted by Crippen LogP contribution is 2.14. The summed E-state index contributed by atoms with van der Waals surface area (Å²) in [6.07, 6.45) is 3.66. The van der Waals surface area contributed by atoms with Gasteiger partial charge in [-0.05, 0) is 37.4 Å². The van der Waals surface area contributed by atoms with Crippen molar-refractivity contribution >= 4 is 11.6 Å². The summed E-state index contributed by atoms with van der Waals surface area (Å²) in [5.41, 5.74) is 6.74. The third-order valence-corrected chi connectivity index (χ3v) is 3.90. The predicted octanol–water partition coefficient (Wildman–Crippen LogP) is 2.39. The van der Waals surface area contributed by atoms with Crippen molar-refractivity contribution in [2.45, 2.75) is 32.6 Å². The van der Waals surface area contributed by atoms with E-state index in [1.807, 2.05) is 25.2 Å². The first-order chi connectivity index (χ1) is 10.2. The number of hydrogen-bond acceptors (Lipinski definition) is 3. The number of anilines is 1. The second kappa shape index (κ2) is 10.2. The molecule has 1 atom stereocenters. The maximum atomic E-state index is 11.8. The summed E-state index contributed by atoms with van der Waals surface area (Å²) >= 11 is 0. The van der Waals surface area contributed by atoms with Gasteiger partial charge in [-0.15, -0.1) is 0 Å². The molecule has 0 aromatic heterocycles. The number of hydrogen-bond donors (Lipinski definition) is 2. The number of carbonyl (C=O) groups is 1. The summed E-state index contributed by atoms with van der Waals surface area (Å²) in [5, 5.41) is 2.99. The molecule has 1 rings (SSSR count). The van der Waals surface area contributed by atoms with Gasteiger partial charge in [-0.1, -0.05) is 31.5 Å². The molecule has 1 amide bonds. The molecule has 0 saturated carbocycles. The van der Waals surface area contributed by atoms with Gasteiger partial charge in [0.2, 0.25) is 5.91 Å². The molecule has 1 aromatic rings. The lowest BCUT2D eigenvalue weighted by Gasteiger charge is -2.19. The number of nitrogens with two attached hydrogens (primary N) is 1. The molecule has 21 heavy (non-hydrogen) atoms. The molecule has 0 aliphatic carbocycles. The van der Waals surface area contributed by atoms with Crippen molar-refractivity contribution in [3.05, 3.63) is 30.3 Å². The van der Waals surface area contributed by atoms with E-state index in [4.69, 9.17) is 5.73 Å². The molecule has 0 bridgehead atoms. The molecule has 4 nitrogen and oxygen atoms in total. The van der Waals surface area contributed by atoms with E-state index in [9.17, 15) is 4.79 Å².